The number of hydrogen-bond donors (Lipinski definition) is 0. The van der Waals surface area contributed by atoms with E-state index in [1.807, 2.05) is 42.5 Å². The molecule has 3 aromatic carbocycles. The highest BCUT2D eigenvalue weighted by Gasteiger charge is 2.33. The number of hydrogen-bond acceptors (Lipinski definition) is 6. The van der Waals surface area contributed by atoms with E-state index < -0.39 is 20.9 Å². The van der Waals surface area contributed by atoms with Crippen molar-refractivity contribution in [3.63, 3.8) is 0 Å². The van der Waals surface area contributed by atoms with Crippen LogP contribution in [-0.4, -0.2) is 18.4 Å². The summed E-state index contributed by atoms with van der Waals surface area (Å²) >= 11 is 1.32. The zero-order chi connectivity index (χ0) is 21.8. The molecule has 0 N–H and O–H groups in total. The molecule has 0 radical (unpaired) electrons. The van der Waals surface area contributed by atoms with Crippen molar-refractivity contribution in [3.8, 4) is 6.07 Å². The van der Waals surface area contributed by atoms with Gasteiger partial charge in [-0.15, -0.1) is 0 Å². The quantitative estimate of drug-likeness (QED) is 0.301. The van der Waals surface area contributed by atoms with Gasteiger partial charge in [-0.3, -0.25) is 0 Å². The molecular formula is C23H16FN3O2S2. The van der Waals surface area contributed by atoms with Crippen LogP contribution in [0.15, 0.2) is 88.8 Å². The SMILES string of the molecule is N#C[C@H](c1nc2ccccc2nc1SCc1ccccc1)S(=O)(=O)c1ccc(F)cc1. The maximum atomic E-state index is 13.3. The zero-order valence-corrected chi connectivity index (χ0v) is 17.8. The topological polar surface area (TPSA) is 83.7 Å². The molecule has 0 fully saturated rings. The molecule has 4 rings (SSSR count). The number of thioether (sulfide) groups is 1. The molecule has 8 heteroatoms. The first-order valence-electron chi connectivity index (χ1n) is 9.31. The third kappa shape index (κ3) is 4.43. The Morgan fingerprint density at radius 2 is 1.52 bits per heavy atom. The van der Waals surface area contributed by atoms with E-state index in [2.05, 4.69) is 9.97 Å². The number of benzene rings is 3. The van der Waals surface area contributed by atoms with Gasteiger partial charge in [-0.1, -0.05) is 54.2 Å². The summed E-state index contributed by atoms with van der Waals surface area (Å²) in [6.07, 6.45) is 0. The number of nitriles is 1. The monoisotopic (exact) mass is 449 g/mol. The Bertz CT molecular complexity index is 1370. The Morgan fingerprint density at radius 3 is 2.16 bits per heavy atom. The average molecular weight is 450 g/mol. The molecule has 0 unspecified atom stereocenters. The molecule has 4 aromatic rings. The van der Waals surface area contributed by atoms with Gasteiger partial charge in [-0.25, -0.2) is 22.8 Å². The largest absolute Gasteiger partial charge is 0.246 e. The molecule has 0 aliphatic heterocycles. The summed E-state index contributed by atoms with van der Waals surface area (Å²) in [5.41, 5.74) is 2.21. The fraction of sp³-hybridized carbons (Fsp3) is 0.0870. The van der Waals surface area contributed by atoms with Crippen LogP contribution >= 0.6 is 11.8 Å². The van der Waals surface area contributed by atoms with E-state index in [1.54, 1.807) is 18.2 Å². The molecule has 1 heterocycles. The van der Waals surface area contributed by atoms with Crippen molar-refractivity contribution in [1.82, 2.24) is 9.97 Å². The van der Waals surface area contributed by atoms with Crippen molar-refractivity contribution >= 4 is 32.6 Å². The lowest BCUT2D eigenvalue weighted by molar-refractivity contribution is 0.588. The van der Waals surface area contributed by atoms with Gasteiger partial charge in [0.2, 0.25) is 9.84 Å². The van der Waals surface area contributed by atoms with Crippen LogP contribution in [0.4, 0.5) is 4.39 Å². The minimum absolute atomic E-state index is 0.0754. The lowest BCUT2D eigenvalue weighted by atomic mass is 10.2. The van der Waals surface area contributed by atoms with Gasteiger partial charge < -0.3 is 0 Å². The first kappa shape index (κ1) is 21.0. The number of para-hydroxylation sites is 2. The van der Waals surface area contributed by atoms with E-state index in [4.69, 9.17) is 0 Å². The van der Waals surface area contributed by atoms with E-state index in [0.29, 0.717) is 21.8 Å². The van der Waals surface area contributed by atoms with Crippen molar-refractivity contribution in [1.29, 1.82) is 5.26 Å². The minimum Gasteiger partial charge on any atom is -0.246 e. The Labute approximate surface area is 183 Å². The Morgan fingerprint density at radius 1 is 0.903 bits per heavy atom. The molecule has 1 atom stereocenters. The Balaban J connectivity index is 1.81. The summed E-state index contributed by atoms with van der Waals surface area (Å²) in [5, 5.41) is 8.63. The number of nitrogens with zero attached hydrogens (tertiary/aromatic N) is 3. The van der Waals surface area contributed by atoms with E-state index >= 15 is 0 Å². The van der Waals surface area contributed by atoms with Gasteiger partial charge >= 0.3 is 0 Å². The van der Waals surface area contributed by atoms with E-state index in [1.165, 1.54) is 11.8 Å². The van der Waals surface area contributed by atoms with E-state index in [9.17, 15) is 18.1 Å². The predicted octanol–water partition coefficient (Wildman–Crippen LogP) is 5.10. The second kappa shape index (κ2) is 8.84. The molecule has 0 bridgehead atoms. The van der Waals surface area contributed by atoms with Gasteiger partial charge in [-0.05, 0) is 42.0 Å². The second-order valence-corrected chi connectivity index (χ2v) is 9.68. The maximum Gasteiger partial charge on any atom is 0.200 e. The maximum absolute atomic E-state index is 13.3. The van der Waals surface area contributed by atoms with Crippen LogP contribution in [0.2, 0.25) is 0 Å². The molecule has 0 spiro atoms. The molecule has 31 heavy (non-hydrogen) atoms. The van der Waals surface area contributed by atoms with E-state index in [0.717, 1.165) is 29.8 Å². The highest BCUT2D eigenvalue weighted by molar-refractivity contribution is 7.98. The van der Waals surface area contributed by atoms with Crippen LogP contribution in [0, 0.1) is 17.1 Å². The second-order valence-electron chi connectivity index (χ2n) is 6.69. The fourth-order valence-electron chi connectivity index (χ4n) is 3.04. The third-order valence-corrected chi connectivity index (χ3v) is 7.53. The molecule has 1 aromatic heterocycles. The van der Waals surface area contributed by atoms with Gasteiger partial charge in [0.15, 0.2) is 5.25 Å². The molecule has 0 aliphatic rings. The van der Waals surface area contributed by atoms with Crippen molar-refractivity contribution in [3.05, 3.63) is 95.9 Å². The average Bonchev–Trinajstić information content (AvgIpc) is 2.79. The normalized spacial score (nSPS) is 12.4. The number of sulfone groups is 1. The highest BCUT2D eigenvalue weighted by atomic mass is 32.2. The van der Waals surface area contributed by atoms with Crippen LogP contribution in [-0.2, 0) is 15.6 Å². The van der Waals surface area contributed by atoms with Crippen LogP contribution in [0.25, 0.3) is 11.0 Å². The molecule has 0 saturated carbocycles. The van der Waals surface area contributed by atoms with Crippen molar-refractivity contribution in [2.45, 2.75) is 20.9 Å². The molecule has 0 amide bonds. The molecule has 0 aliphatic carbocycles. The predicted molar refractivity (Wildman–Crippen MR) is 117 cm³/mol. The highest BCUT2D eigenvalue weighted by Crippen LogP contribution is 2.35. The Kier molecular flexibility index (Phi) is 5.98. The lowest BCUT2D eigenvalue weighted by Gasteiger charge is -2.15. The summed E-state index contributed by atoms with van der Waals surface area (Å²) in [4.78, 5) is 8.97. The van der Waals surface area contributed by atoms with Crippen LogP contribution in [0.1, 0.15) is 16.5 Å². The van der Waals surface area contributed by atoms with Gasteiger partial charge in [0.25, 0.3) is 0 Å². The number of fused-ring (bicyclic) bond motifs is 1. The number of rotatable bonds is 6. The summed E-state index contributed by atoms with van der Waals surface area (Å²) < 4.78 is 39.7. The summed E-state index contributed by atoms with van der Waals surface area (Å²) in [6.45, 7) is 0. The molecule has 0 saturated heterocycles. The smallest absolute Gasteiger partial charge is 0.200 e. The van der Waals surface area contributed by atoms with Gasteiger partial charge in [0.05, 0.1) is 22.0 Å². The molecular weight excluding hydrogens is 433 g/mol. The summed E-state index contributed by atoms with van der Waals surface area (Å²) in [6, 6.07) is 23.0. The minimum atomic E-state index is -4.14. The van der Waals surface area contributed by atoms with Gasteiger partial charge in [-0.2, -0.15) is 5.26 Å². The standard InChI is InChI=1S/C23H16FN3O2S2/c24-17-10-12-18(13-11-17)31(28,29)21(14-25)22-23(30-15-16-6-2-1-3-7-16)27-20-9-5-4-8-19(20)26-22/h1-13,21H,15H2/t21-/m1/s1. The third-order valence-electron chi connectivity index (χ3n) is 4.60. The molecule has 5 nitrogen and oxygen atoms in total. The zero-order valence-electron chi connectivity index (χ0n) is 16.1. The van der Waals surface area contributed by atoms with Crippen molar-refractivity contribution in [2.75, 3.05) is 0 Å². The van der Waals surface area contributed by atoms with E-state index in [-0.39, 0.29) is 10.6 Å². The van der Waals surface area contributed by atoms with Crippen LogP contribution < -0.4 is 0 Å². The van der Waals surface area contributed by atoms with Crippen molar-refractivity contribution < 1.29 is 12.8 Å². The van der Waals surface area contributed by atoms with Crippen LogP contribution in [0.5, 0.6) is 0 Å². The Hall–Kier alpha value is -3.28. The number of halogens is 1. The lowest BCUT2D eigenvalue weighted by Crippen LogP contribution is -2.15. The van der Waals surface area contributed by atoms with Gasteiger partial charge in [0, 0.05) is 5.75 Å². The van der Waals surface area contributed by atoms with Gasteiger partial charge in [0.1, 0.15) is 16.5 Å². The fourth-order valence-corrected chi connectivity index (χ4v) is 5.47. The first-order valence-corrected chi connectivity index (χ1v) is 11.8. The molecule has 154 valence electrons. The number of aromatic nitrogens is 2. The van der Waals surface area contributed by atoms with Crippen LogP contribution in [0.3, 0.4) is 0 Å². The summed E-state index contributed by atoms with van der Waals surface area (Å²) in [5.74, 6) is -0.0210. The summed E-state index contributed by atoms with van der Waals surface area (Å²) in [7, 11) is -4.14. The van der Waals surface area contributed by atoms with Crippen molar-refractivity contribution in [2.24, 2.45) is 0 Å². The first-order chi connectivity index (χ1) is 15.0.